The molecule has 2 aromatic rings. The highest BCUT2D eigenvalue weighted by Crippen LogP contribution is 2.37. The van der Waals surface area contributed by atoms with E-state index < -0.39 is 30.5 Å². The van der Waals surface area contributed by atoms with Crippen LogP contribution in [0.15, 0.2) is 46.2 Å². The molecule has 0 aliphatic heterocycles. The summed E-state index contributed by atoms with van der Waals surface area (Å²) in [5.41, 5.74) is -0.930. The molecule has 0 atom stereocenters. The highest BCUT2D eigenvalue weighted by molar-refractivity contribution is 7.91. The number of sulfone groups is 1. The molecule has 0 heterocycles. The number of nitrogens with zero attached hydrogens (tertiary/aromatic N) is 2. The summed E-state index contributed by atoms with van der Waals surface area (Å²) in [5, 5.41) is 23.0. The number of hydrogen-bond donors (Lipinski definition) is 0. The summed E-state index contributed by atoms with van der Waals surface area (Å²) in [4.78, 5) is 21.2. The van der Waals surface area contributed by atoms with E-state index in [0.717, 1.165) is 12.1 Å². The van der Waals surface area contributed by atoms with Gasteiger partial charge in [0.25, 0.3) is 11.4 Å². The number of benzene rings is 2. The van der Waals surface area contributed by atoms with E-state index in [9.17, 15) is 28.6 Å². The van der Waals surface area contributed by atoms with E-state index in [-0.39, 0.29) is 21.2 Å². The van der Waals surface area contributed by atoms with Crippen LogP contribution < -0.4 is 0 Å². The molecule has 9 heteroatoms. The lowest BCUT2D eigenvalue weighted by Gasteiger charge is -2.20. The molecule has 2 rings (SSSR count). The van der Waals surface area contributed by atoms with E-state index >= 15 is 0 Å². The standard InChI is InChI=1S/C20H24N2O6S/c1-19(2,3)15-9-7-13(11-17(15)21(23)24)29(27,28)14-8-10-16(20(4,5)6)18(12-14)22(25)26/h7-12H,1-6H3. The Morgan fingerprint density at radius 3 is 1.24 bits per heavy atom. The second kappa shape index (κ2) is 7.22. The zero-order valence-corrected chi connectivity index (χ0v) is 18.0. The molecule has 156 valence electrons. The Balaban J connectivity index is 2.71. The van der Waals surface area contributed by atoms with Crippen LogP contribution in [0.25, 0.3) is 0 Å². The summed E-state index contributed by atoms with van der Waals surface area (Å²) in [5.74, 6) is 0. The van der Waals surface area contributed by atoms with Gasteiger partial charge in [0.2, 0.25) is 9.84 Å². The summed E-state index contributed by atoms with van der Waals surface area (Å²) in [7, 11) is -4.18. The van der Waals surface area contributed by atoms with Crippen LogP contribution in [0.2, 0.25) is 0 Å². The van der Waals surface area contributed by atoms with Crippen molar-refractivity contribution in [1.82, 2.24) is 0 Å². The van der Waals surface area contributed by atoms with E-state index in [1.807, 2.05) is 0 Å². The molecular formula is C20H24N2O6S. The maximum absolute atomic E-state index is 13.1. The minimum atomic E-state index is -4.18. The van der Waals surface area contributed by atoms with Crippen molar-refractivity contribution in [3.8, 4) is 0 Å². The quantitative estimate of drug-likeness (QED) is 0.511. The zero-order valence-electron chi connectivity index (χ0n) is 17.2. The summed E-state index contributed by atoms with van der Waals surface area (Å²) in [6.45, 7) is 10.7. The van der Waals surface area contributed by atoms with Gasteiger partial charge in [-0.05, 0) is 23.0 Å². The molecule has 0 N–H and O–H groups in total. The van der Waals surface area contributed by atoms with Gasteiger partial charge in [0.05, 0.1) is 19.6 Å². The molecule has 0 amide bonds. The molecule has 0 unspecified atom stereocenters. The highest BCUT2D eigenvalue weighted by Gasteiger charge is 2.31. The van der Waals surface area contributed by atoms with Crippen molar-refractivity contribution in [2.45, 2.75) is 62.2 Å². The Morgan fingerprint density at radius 2 is 1.00 bits per heavy atom. The fourth-order valence-corrected chi connectivity index (χ4v) is 4.36. The van der Waals surface area contributed by atoms with Gasteiger partial charge in [-0.25, -0.2) is 8.42 Å². The number of hydrogen-bond acceptors (Lipinski definition) is 6. The maximum Gasteiger partial charge on any atom is 0.274 e. The number of rotatable bonds is 4. The van der Waals surface area contributed by atoms with Gasteiger partial charge >= 0.3 is 0 Å². The van der Waals surface area contributed by atoms with Crippen LogP contribution in [0.1, 0.15) is 52.7 Å². The summed E-state index contributed by atoms with van der Waals surface area (Å²) in [6, 6.07) is 7.46. The van der Waals surface area contributed by atoms with Crippen LogP contribution in [0.3, 0.4) is 0 Å². The first-order chi connectivity index (χ1) is 13.1. The van der Waals surface area contributed by atoms with Crippen LogP contribution in [0.4, 0.5) is 11.4 Å². The molecule has 8 nitrogen and oxygen atoms in total. The second-order valence-electron chi connectivity index (χ2n) is 8.88. The minimum absolute atomic E-state index is 0.282. The van der Waals surface area contributed by atoms with Crippen LogP contribution in [-0.2, 0) is 20.7 Å². The fourth-order valence-electron chi connectivity index (χ4n) is 3.06. The van der Waals surface area contributed by atoms with Gasteiger partial charge in [0.1, 0.15) is 0 Å². The predicted molar refractivity (Wildman–Crippen MR) is 109 cm³/mol. The van der Waals surface area contributed by atoms with Gasteiger partial charge in [-0.15, -0.1) is 0 Å². The lowest BCUT2D eigenvalue weighted by atomic mass is 9.86. The van der Waals surface area contributed by atoms with Gasteiger partial charge < -0.3 is 0 Å². The molecule has 0 aliphatic rings. The molecule has 0 radical (unpaired) electrons. The summed E-state index contributed by atoms with van der Waals surface area (Å²) >= 11 is 0. The third-order valence-electron chi connectivity index (χ3n) is 4.57. The Bertz CT molecular complexity index is 1010. The van der Waals surface area contributed by atoms with Crippen LogP contribution in [-0.4, -0.2) is 18.3 Å². The van der Waals surface area contributed by atoms with Crippen molar-refractivity contribution in [1.29, 1.82) is 0 Å². The van der Waals surface area contributed by atoms with Gasteiger partial charge in [0.15, 0.2) is 0 Å². The lowest BCUT2D eigenvalue weighted by molar-refractivity contribution is -0.386. The molecule has 0 fully saturated rings. The molecular weight excluding hydrogens is 396 g/mol. The first-order valence-corrected chi connectivity index (χ1v) is 10.4. The molecule has 29 heavy (non-hydrogen) atoms. The first-order valence-electron chi connectivity index (χ1n) is 8.90. The smallest absolute Gasteiger partial charge is 0.258 e. The molecule has 0 saturated carbocycles. The van der Waals surface area contributed by atoms with Crippen molar-refractivity contribution < 1.29 is 18.3 Å². The second-order valence-corrected chi connectivity index (χ2v) is 10.8. The van der Waals surface area contributed by atoms with E-state index in [1.165, 1.54) is 24.3 Å². The van der Waals surface area contributed by atoms with Crippen LogP contribution in [0, 0.1) is 20.2 Å². The van der Waals surface area contributed by atoms with E-state index in [2.05, 4.69) is 0 Å². The van der Waals surface area contributed by atoms with E-state index in [1.54, 1.807) is 41.5 Å². The highest BCUT2D eigenvalue weighted by atomic mass is 32.2. The summed E-state index contributed by atoms with van der Waals surface area (Å²) < 4.78 is 26.1. The molecule has 0 bridgehead atoms. The van der Waals surface area contributed by atoms with Gasteiger partial charge in [-0.1, -0.05) is 53.7 Å². The summed E-state index contributed by atoms with van der Waals surface area (Å²) in [6.07, 6.45) is 0. The average molecular weight is 420 g/mol. The van der Waals surface area contributed by atoms with Crippen molar-refractivity contribution in [3.63, 3.8) is 0 Å². The Kier molecular flexibility index (Phi) is 5.59. The molecule has 0 aliphatic carbocycles. The zero-order chi connectivity index (χ0) is 22.4. The normalized spacial score (nSPS) is 12.6. The van der Waals surface area contributed by atoms with Gasteiger partial charge in [-0.3, -0.25) is 20.2 Å². The molecule has 0 spiro atoms. The molecule has 0 saturated heterocycles. The van der Waals surface area contributed by atoms with Crippen molar-refractivity contribution >= 4 is 21.2 Å². The van der Waals surface area contributed by atoms with Crippen molar-refractivity contribution in [2.75, 3.05) is 0 Å². The van der Waals surface area contributed by atoms with E-state index in [0.29, 0.717) is 11.1 Å². The number of nitro benzene ring substituents is 2. The van der Waals surface area contributed by atoms with Crippen LogP contribution in [0.5, 0.6) is 0 Å². The Labute approximate surface area is 169 Å². The largest absolute Gasteiger partial charge is 0.274 e. The van der Waals surface area contributed by atoms with Crippen LogP contribution >= 0.6 is 0 Å². The third-order valence-corrected chi connectivity index (χ3v) is 6.32. The first kappa shape index (κ1) is 22.5. The monoisotopic (exact) mass is 420 g/mol. The van der Waals surface area contributed by atoms with Crippen molar-refractivity contribution in [3.05, 3.63) is 67.8 Å². The average Bonchev–Trinajstić information content (AvgIpc) is 2.58. The molecule has 0 aromatic heterocycles. The predicted octanol–water partition coefficient (Wildman–Crippen LogP) is 4.93. The fraction of sp³-hybridized carbons (Fsp3) is 0.400. The molecule has 2 aromatic carbocycles. The van der Waals surface area contributed by atoms with E-state index in [4.69, 9.17) is 0 Å². The topological polar surface area (TPSA) is 120 Å². The third kappa shape index (κ3) is 4.45. The lowest BCUT2D eigenvalue weighted by Crippen LogP contribution is -2.16. The Morgan fingerprint density at radius 1 is 0.690 bits per heavy atom. The maximum atomic E-state index is 13.1. The SMILES string of the molecule is CC(C)(C)c1ccc(S(=O)(=O)c2ccc(C(C)(C)C)c([N+](=O)[O-])c2)cc1[N+](=O)[O-]. The number of nitro groups is 2. The van der Waals surface area contributed by atoms with Gasteiger partial charge in [-0.2, -0.15) is 0 Å². The van der Waals surface area contributed by atoms with Gasteiger partial charge in [0, 0.05) is 23.3 Å². The Hall–Kier alpha value is -2.81. The van der Waals surface area contributed by atoms with Crippen molar-refractivity contribution in [2.24, 2.45) is 0 Å². The minimum Gasteiger partial charge on any atom is -0.258 e.